The molecule has 47 heavy (non-hydrogen) atoms. The van der Waals surface area contributed by atoms with Crippen molar-refractivity contribution in [1.29, 1.82) is 0 Å². The number of hydrogen-bond acceptors (Lipinski definition) is 8. The summed E-state index contributed by atoms with van der Waals surface area (Å²) in [6.45, 7) is 16.3. The van der Waals surface area contributed by atoms with Gasteiger partial charge in [-0.05, 0) is 82.4 Å². The van der Waals surface area contributed by atoms with E-state index in [0.29, 0.717) is 37.6 Å². The Morgan fingerprint density at radius 1 is 0.915 bits per heavy atom. The normalized spacial score (nSPS) is 15.0. The SMILES string of the molecule is COCCCOc1cc(C[C@@H](C[C@H](NC(=O)OC(C)(C)C)[C@@H](O)C[C@H](C(=O)N[C@H](C)CC(=O)N(C)C)C(C)C)C(C)C)ccc1OC. The molecule has 0 spiro atoms. The molecule has 0 aliphatic carbocycles. The van der Waals surface area contributed by atoms with Crippen LogP contribution in [0, 0.1) is 23.7 Å². The molecule has 3 amide bonds. The summed E-state index contributed by atoms with van der Waals surface area (Å²) in [5, 5.41) is 17.5. The molecule has 270 valence electrons. The van der Waals surface area contributed by atoms with Gasteiger partial charge in [0.25, 0.3) is 0 Å². The van der Waals surface area contributed by atoms with Crippen LogP contribution in [0.3, 0.4) is 0 Å². The molecule has 11 nitrogen and oxygen atoms in total. The van der Waals surface area contributed by atoms with E-state index < -0.39 is 29.8 Å². The second-order valence-electron chi connectivity index (χ2n) is 14.4. The van der Waals surface area contributed by atoms with E-state index in [-0.39, 0.29) is 48.5 Å². The van der Waals surface area contributed by atoms with Gasteiger partial charge < -0.3 is 39.6 Å². The average Bonchev–Trinajstić information content (AvgIpc) is 2.95. The van der Waals surface area contributed by atoms with Crippen LogP contribution in [0.2, 0.25) is 0 Å². The number of nitrogens with one attached hydrogen (secondary N) is 2. The summed E-state index contributed by atoms with van der Waals surface area (Å²) in [4.78, 5) is 40.1. The lowest BCUT2D eigenvalue weighted by Gasteiger charge is -2.33. The van der Waals surface area contributed by atoms with Crippen molar-refractivity contribution in [3.63, 3.8) is 0 Å². The Kier molecular flexibility index (Phi) is 18.2. The van der Waals surface area contributed by atoms with Gasteiger partial charge in [0.2, 0.25) is 11.8 Å². The first kappa shape index (κ1) is 42.0. The van der Waals surface area contributed by atoms with Gasteiger partial charge in [-0.25, -0.2) is 4.79 Å². The fourth-order valence-corrected chi connectivity index (χ4v) is 5.29. The molecule has 0 heterocycles. The fraction of sp³-hybridized carbons (Fsp3) is 0.750. The third-order valence-corrected chi connectivity index (χ3v) is 8.15. The van der Waals surface area contributed by atoms with Crippen LogP contribution < -0.4 is 20.1 Å². The van der Waals surface area contributed by atoms with E-state index in [1.807, 2.05) is 32.0 Å². The van der Waals surface area contributed by atoms with Gasteiger partial charge in [0, 0.05) is 52.6 Å². The zero-order chi connectivity index (χ0) is 35.9. The highest BCUT2D eigenvalue weighted by molar-refractivity contribution is 5.81. The Bertz CT molecular complexity index is 1100. The van der Waals surface area contributed by atoms with Crippen molar-refractivity contribution < 1.29 is 38.4 Å². The minimum absolute atomic E-state index is 0.0581. The van der Waals surface area contributed by atoms with Crippen LogP contribution in [-0.2, 0) is 25.5 Å². The van der Waals surface area contributed by atoms with Gasteiger partial charge in [0.15, 0.2) is 11.5 Å². The highest BCUT2D eigenvalue weighted by Gasteiger charge is 2.34. The Hall–Kier alpha value is -3.05. The van der Waals surface area contributed by atoms with Crippen LogP contribution in [0.5, 0.6) is 11.5 Å². The summed E-state index contributed by atoms with van der Waals surface area (Å²) in [6.07, 6.45) is 0.519. The summed E-state index contributed by atoms with van der Waals surface area (Å²) < 4.78 is 22.2. The molecule has 3 N–H and O–H groups in total. The lowest BCUT2D eigenvalue weighted by molar-refractivity contribution is -0.130. The van der Waals surface area contributed by atoms with Crippen molar-refractivity contribution in [2.24, 2.45) is 23.7 Å². The summed E-state index contributed by atoms with van der Waals surface area (Å²) in [7, 11) is 6.62. The van der Waals surface area contributed by atoms with Gasteiger partial charge >= 0.3 is 6.09 Å². The van der Waals surface area contributed by atoms with Crippen LogP contribution in [0.1, 0.15) is 86.6 Å². The number of ether oxygens (including phenoxy) is 4. The van der Waals surface area contributed by atoms with E-state index in [1.54, 1.807) is 56.0 Å². The van der Waals surface area contributed by atoms with E-state index in [0.717, 1.165) is 12.0 Å². The number of aliphatic hydroxyl groups excluding tert-OH is 1. The monoisotopic (exact) mass is 665 g/mol. The van der Waals surface area contributed by atoms with Crippen molar-refractivity contribution in [3.8, 4) is 11.5 Å². The zero-order valence-electron chi connectivity index (χ0n) is 31.0. The number of aliphatic hydroxyl groups is 1. The van der Waals surface area contributed by atoms with E-state index in [1.165, 1.54) is 4.90 Å². The van der Waals surface area contributed by atoms with Gasteiger partial charge in [-0.15, -0.1) is 0 Å². The first-order valence-corrected chi connectivity index (χ1v) is 16.8. The van der Waals surface area contributed by atoms with E-state index >= 15 is 0 Å². The molecule has 11 heteroatoms. The number of amides is 3. The molecular weight excluding hydrogens is 602 g/mol. The smallest absolute Gasteiger partial charge is 0.407 e. The van der Waals surface area contributed by atoms with Gasteiger partial charge in [-0.2, -0.15) is 0 Å². The highest BCUT2D eigenvalue weighted by atomic mass is 16.6. The maximum absolute atomic E-state index is 13.4. The van der Waals surface area contributed by atoms with Crippen LogP contribution in [-0.4, -0.2) is 93.2 Å². The van der Waals surface area contributed by atoms with Crippen molar-refractivity contribution in [1.82, 2.24) is 15.5 Å². The Labute approximate surface area is 283 Å². The number of methoxy groups -OCH3 is 2. The minimum Gasteiger partial charge on any atom is -0.493 e. The molecule has 0 aliphatic heterocycles. The number of hydrogen-bond donors (Lipinski definition) is 3. The zero-order valence-corrected chi connectivity index (χ0v) is 31.0. The predicted octanol–water partition coefficient (Wildman–Crippen LogP) is 5.21. The largest absolute Gasteiger partial charge is 0.493 e. The first-order chi connectivity index (χ1) is 21.9. The van der Waals surface area contributed by atoms with Crippen LogP contribution in [0.15, 0.2) is 18.2 Å². The molecule has 0 radical (unpaired) electrons. The van der Waals surface area contributed by atoms with Crippen molar-refractivity contribution in [3.05, 3.63) is 23.8 Å². The van der Waals surface area contributed by atoms with Crippen LogP contribution in [0.4, 0.5) is 4.79 Å². The van der Waals surface area contributed by atoms with Crippen molar-refractivity contribution in [2.45, 2.75) is 111 Å². The maximum atomic E-state index is 13.4. The number of rotatable bonds is 20. The van der Waals surface area contributed by atoms with Gasteiger partial charge in [-0.3, -0.25) is 9.59 Å². The third-order valence-electron chi connectivity index (χ3n) is 8.15. The number of benzene rings is 1. The maximum Gasteiger partial charge on any atom is 0.407 e. The van der Waals surface area contributed by atoms with E-state index in [4.69, 9.17) is 18.9 Å². The molecule has 5 atom stereocenters. The number of alkyl carbamates (subject to hydrolysis) is 1. The molecule has 0 saturated carbocycles. The molecular formula is C36H63N3O8. The molecule has 1 aromatic rings. The van der Waals surface area contributed by atoms with Crippen LogP contribution in [0.25, 0.3) is 0 Å². The molecule has 0 bridgehead atoms. The topological polar surface area (TPSA) is 136 Å². The third kappa shape index (κ3) is 16.1. The number of carbonyl (C=O) groups excluding carboxylic acids is 3. The second kappa shape index (κ2) is 20.3. The molecule has 0 aliphatic rings. The molecule has 0 aromatic heterocycles. The summed E-state index contributed by atoms with van der Waals surface area (Å²) in [5.74, 6) is 0.616. The van der Waals surface area contributed by atoms with Gasteiger partial charge in [0.1, 0.15) is 5.60 Å². The summed E-state index contributed by atoms with van der Waals surface area (Å²) >= 11 is 0. The van der Waals surface area contributed by atoms with E-state index in [9.17, 15) is 19.5 Å². The lowest BCUT2D eigenvalue weighted by Crippen LogP contribution is -2.49. The van der Waals surface area contributed by atoms with E-state index in [2.05, 4.69) is 24.5 Å². The Morgan fingerprint density at radius 2 is 1.57 bits per heavy atom. The Balaban J connectivity index is 3.25. The molecule has 0 saturated heterocycles. The Morgan fingerprint density at radius 3 is 2.11 bits per heavy atom. The first-order valence-electron chi connectivity index (χ1n) is 16.8. The summed E-state index contributed by atoms with van der Waals surface area (Å²) in [6, 6.07) is 4.83. The van der Waals surface area contributed by atoms with Gasteiger partial charge in [-0.1, -0.05) is 33.8 Å². The highest BCUT2D eigenvalue weighted by Crippen LogP contribution is 2.32. The van der Waals surface area contributed by atoms with Crippen molar-refractivity contribution >= 4 is 17.9 Å². The standard InChI is InChI=1S/C36H63N3O8/c1-23(2)27(19-26-14-15-31(45-12)32(20-26)46-17-13-16-44-11)21-29(38-35(43)47-36(6,7)8)30(40)22-28(24(3)4)34(42)37-25(5)18-33(41)39(9)10/h14-15,20,23-25,27-30,40H,13,16-19,21-22H2,1-12H3,(H,37,42)(H,38,43)/t25-,27+,28+,29+,30+/m1/s1. The van der Waals surface area contributed by atoms with Gasteiger partial charge in [0.05, 0.1) is 25.9 Å². The van der Waals surface area contributed by atoms with Crippen molar-refractivity contribution in [2.75, 3.05) is 41.5 Å². The molecule has 0 unspecified atom stereocenters. The van der Waals surface area contributed by atoms with Crippen LogP contribution >= 0.6 is 0 Å². The quantitative estimate of drug-likeness (QED) is 0.162. The molecule has 1 aromatic carbocycles. The average molecular weight is 666 g/mol. The number of carbonyl (C=O) groups is 3. The lowest BCUT2D eigenvalue weighted by atomic mass is 9.80. The molecule has 0 fully saturated rings. The molecule has 1 rings (SSSR count). The minimum atomic E-state index is -1.03. The predicted molar refractivity (Wildman–Crippen MR) is 185 cm³/mol. The number of nitrogens with zero attached hydrogens (tertiary/aromatic N) is 1. The summed E-state index contributed by atoms with van der Waals surface area (Å²) in [5.41, 5.74) is 0.317. The second-order valence-corrected chi connectivity index (χ2v) is 14.4. The fourth-order valence-electron chi connectivity index (χ4n) is 5.29.